The second kappa shape index (κ2) is 7.43. The highest BCUT2D eigenvalue weighted by atomic mass is 32.1. The summed E-state index contributed by atoms with van der Waals surface area (Å²) in [5.74, 6) is 1.11. The van der Waals surface area contributed by atoms with E-state index in [0.29, 0.717) is 13.2 Å². The van der Waals surface area contributed by atoms with Gasteiger partial charge < -0.3 is 9.30 Å². The molecule has 0 saturated carbocycles. The molecule has 0 unspecified atom stereocenters. The van der Waals surface area contributed by atoms with Crippen molar-refractivity contribution < 1.29 is 4.74 Å². The molecule has 0 fully saturated rings. The van der Waals surface area contributed by atoms with E-state index in [1.807, 2.05) is 36.0 Å². The van der Waals surface area contributed by atoms with Crippen molar-refractivity contribution in [1.82, 2.24) is 24.4 Å². The van der Waals surface area contributed by atoms with Crippen molar-refractivity contribution in [2.45, 2.75) is 39.3 Å². The van der Waals surface area contributed by atoms with Gasteiger partial charge in [-0.3, -0.25) is 9.88 Å². The molecule has 1 aliphatic heterocycles. The van der Waals surface area contributed by atoms with E-state index >= 15 is 0 Å². The lowest BCUT2D eigenvalue weighted by atomic mass is 10.2. The molecule has 0 spiro atoms. The van der Waals surface area contributed by atoms with Crippen LogP contribution in [0.2, 0.25) is 0 Å². The van der Waals surface area contributed by atoms with Crippen LogP contribution in [0.3, 0.4) is 0 Å². The van der Waals surface area contributed by atoms with Crippen molar-refractivity contribution in [2.75, 3.05) is 6.54 Å². The third kappa shape index (κ3) is 3.63. The third-order valence-electron chi connectivity index (χ3n) is 4.55. The lowest BCUT2D eigenvalue weighted by Gasteiger charge is -2.33. The zero-order valence-electron chi connectivity index (χ0n) is 14.2. The molecule has 4 rings (SSSR count). The van der Waals surface area contributed by atoms with Crippen LogP contribution in [-0.4, -0.2) is 31.0 Å². The Morgan fingerprint density at radius 1 is 1.16 bits per heavy atom. The van der Waals surface area contributed by atoms with Crippen LogP contribution >= 0.6 is 11.3 Å². The van der Waals surface area contributed by atoms with E-state index in [-0.39, 0.29) is 6.04 Å². The predicted molar refractivity (Wildman–Crippen MR) is 95.9 cm³/mol. The van der Waals surface area contributed by atoms with Gasteiger partial charge in [-0.05, 0) is 19.1 Å². The highest BCUT2D eigenvalue weighted by Crippen LogP contribution is 2.27. The van der Waals surface area contributed by atoms with Gasteiger partial charge >= 0.3 is 0 Å². The summed E-state index contributed by atoms with van der Waals surface area (Å²) >= 11 is 1.71. The van der Waals surface area contributed by atoms with Gasteiger partial charge in [-0.1, -0.05) is 6.07 Å². The number of hydrogen-bond donors (Lipinski definition) is 0. The molecule has 0 saturated heterocycles. The summed E-state index contributed by atoms with van der Waals surface area (Å²) in [6.07, 6.45) is 5.60. The van der Waals surface area contributed by atoms with Gasteiger partial charge in [0.25, 0.3) is 0 Å². The maximum Gasteiger partial charge on any atom is 0.126 e. The van der Waals surface area contributed by atoms with Crippen LogP contribution < -0.4 is 0 Å². The summed E-state index contributed by atoms with van der Waals surface area (Å²) in [4.78, 5) is 15.8. The van der Waals surface area contributed by atoms with Crippen LogP contribution in [0.4, 0.5) is 0 Å². The van der Waals surface area contributed by atoms with Crippen LogP contribution in [0.5, 0.6) is 0 Å². The van der Waals surface area contributed by atoms with Gasteiger partial charge in [0.15, 0.2) is 0 Å². The SMILES string of the molecule is C[C@H]1c2ncc(COCc3ccccn3)n2CCN1Cc1nccs1. The topological polar surface area (TPSA) is 56.1 Å². The summed E-state index contributed by atoms with van der Waals surface area (Å²) in [7, 11) is 0. The average molecular weight is 355 g/mol. The molecule has 1 aliphatic rings. The Balaban J connectivity index is 1.39. The molecular weight excluding hydrogens is 334 g/mol. The smallest absolute Gasteiger partial charge is 0.126 e. The molecule has 7 heteroatoms. The number of rotatable bonds is 6. The summed E-state index contributed by atoms with van der Waals surface area (Å²) < 4.78 is 8.13. The molecule has 0 bridgehead atoms. The lowest BCUT2D eigenvalue weighted by molar-refractivity contribution is 0.0948. The predicted octanol–water partition coefficient (Wildman–Crippen LogP) is 3.03. The fourth-order valence-electron chi connectivity index (χ4n) is 3.18. The molecular formula is C18H21N5OS. The number of hydrogen-bond acceptors (Lipinski definition) is 6. The van der Waals surface area contributed by atoms with Crippen LogP contribution in [0.15, 0.2) is 42.2 Å². The Morgan fingerprint density at radius 2 is 2.12 bits per heavy atom. The molecule has 130 valence electrons. The molecule has 0 amide bonds. The van der Waals surface area contributed by atoms with Crippen molar-refractivity contribution >= 4 is 11.3 Å². The maximum atomic E-state index is 5.83. The fourth-order valence-corrected chi connectivity index (χ4v) is 3.82. The summed E-state index contributed by atoms with van der Waals surface area (Å²) in [5.41, 5.74) is 2.08. The van der Waals surface area contributed by atoms with Gasteiger partial charge in [-0.2, -0.15) is 0 Å². The second-order valence-electron chi connectivity index (χ2n) is 6.15. The first kappa shape index (κ1) is 16.4. The number of thiazole rings is 1. The molecule has 0 N–H and O–H groups in total. The lowest BCUT2D eigenvalue weighted by Crippen LogP contribution is -2.37. The van der Waals surface area contributed by atoms with E-state index in [9.17, 15) is 0 Å². The number of fused-ring (bicyclic) bond motifs is 1. The highest BCUT2D eigenvalue weighted by Gasteiger charge is 2.27. The molecule has 3 aromatic heterocycles. The first-order valence-electron chi connectivity index (χ1n) is 8.45. The average Bonchev–Trinajstić information content (AvgIpc) is 3.29. The molecule has 4 heterocycles. The van der Waals surface area contributed by atoms with Gasteiger partial charge in [0.1, 0.15) is 10.8 Å². The van der Waals surface area contributed by atoms with Crippen LogP contribution in [0, 0.1) is 0 Å². The number of ether oxygens (including phenoxy) is 1. The van der Waals surface area contributed by atoms with Gasteiger partial charge in [-0.15, -0.1) is 11.3 Å². The molecule has 0 aliphatic carbocycles. The molecule has 25 heavy (non-hydrogen) atoms. The van der Waals surface area contributed by atoms with E-state index in [4.69, 9.17) is 4.74 Å². The van der Waals surface area contributed by atoms with Crippen LogP contribution in [0.1, 0.15) is 35.2 Å². The first-order chi connectivity index (χ1) is 12.3. The Kier molecular flexibility index (Phi) is 4.87. The van der Waals surface area contributed by atoms with Crippen molar-refractivity contribution in [1.29, 1.82) is 0 Å². The van der Waals surface area contributed by atoms with E-state index < -0.39 is 0 Å². The largest absolute Gasteiger partial charge is 0.369 e. The monoisotopic (exact) mass is 355 g/mol. The van der Waals surface area contributed by atoms with Gasteiger partial charge in [0.2, 0.25) is 0 Å². The van der Waals surface area contributed by atoms with Crippen molar-refractivity contribution in [3.63, 3.8) is 0 Å². The first-order valence-corrected chi connectivity index (χ1v) is 9.33. The molecule has 3 aromatic rings. The van der Waals surface area contributed by atoms with Gasteiger partial charge in [-0.25, -0.2) is 9.97 Å². The van der Waals surface area contributed by atoms with Crippen molar-refractivity contribution in [2.24, 2.45) is 0 Å². The second-order valence-corrected chi connectivity index (χ2v) is 7.12. The van der Waals surface area contributed by atoms with E-state index in [0.717, 1.165) is 41.9 Å². The maximum absolute atomic E-state index is 5.83. The van der Waals surface area contributed by atoms with Crippen LogP contribution in [0.25, 0.3) is 0 Å². The standard InChI is InChI=1S/C18H21N5OS/c1-14-18-21-10-16(13-24-12-15-4-2-3-5-19-15)23(18)8-7-22(14)11-17-20-6-9-25-17/h2-6,9-10,14H,7-8,11-13H2,1H3/t14-/m0/s1. The minimum absolute atomic E-state index is 0.280. The van der Waals surface area contributed by atoms with Crippen LogP contribution in [-0.2, 0) is 31.0 Å². The number of pyridine rings is 1. The van der Waals surface area contributed by atoms with E-state index in [2.05, 4.69) is 31.3 Å². The zero-order valence-corrected chi connectivity index (χ0v) is 15.0. The third-order valence-corrected chi connectivity index (χ3v) is 5.31. The molecule has 0 radical (unpaired) electrons. The summed E-state index contributed by atoms with van der Waals surface area (Å²) in [6.45, 7) is 6.11. The Morgan fingerprint density at radius 3 is 2.92 bits per heavy atom. The normalized spacial score (nSPS) is 17.6. The minimum atomic E-state index is 0.280. The Labute approximate surface area is 151 Å². The number of aromatic nitrogens is 4. The van der Waals surface area contributed by atoms with Crippen molar-refractivity contribution in [3.8, 4) is 0 Å². The van der Waals surface area contributed by atoms with Gasteiger partial charge in [0, 0.05) is 30.9 Å². The van der Waals surface area contributed by atoms with E-state index in [1.165, 1.54) is 0 Å². The number of nitrogens with zero attached hydrogens (tertiary/aromatic N) is 5. The molecule has 0 aromatic carbocycles. The minimum Gasteiger partial charge on any atom is -0.369 e. The highest BCUT2D eigenvalue weighted by molar-refractivity contribution is 7.09. The summed E-state index contributed by atoms with van der Waals surface area (Å²) in [6, 6.07) is 6.15. The molecule has 1 atom stereocenters. The molecule has 6 nitrogen and oxygen atoms in total. The quantitative estimate of drug-likeness (QED) is 0.680. The summed E-state index contributed by atoms with van der Waals surface area (Å²) in [5, 5.41) is 3.19. The van der Waals surface area contributed by atoms with Crippen molar-refractivity contribution in [3.05, 3.63) is 64.4 Å². The number of imidazole rings is 1. The zero-order chi connectivity index (χ0) is 17.1. The van der Waals surface area contributed by atoms with Gasteiger partial charge in [0.05, 0.1) is 43.4 Å². The fraction of sp³-hybridized carbons (Fsp3) is 0.389. The van der Waals surface area contributed by atoms with E-state index in [1.54, 1.807) is 17.5 Å². The Bertz CT molecular complexity index is 802. The Hall–Kier alpha value is -2.09.